The van der Waals surface area contributed by atoms with Gasteiger partial charge in [0.15, 0.2) is 0 Å². The fourth-order valence-electron chi connectivity index (χ4n) is 3.42. The Labute approximate surface area is 130 Å². The molecule has 21 heavy (non-hydrogen) atoms. The standard InChI is InChI=1S/C19H32N2/c1-5-12-20-19(18-9-7-15(3)8-10-18)16(4)21-13-11-17(6-2)14-21/h7-10,16-17,19-20H,5-6,11-14H2,1-4H3. The van der Waals surface area contributed by atoms with E-state index in [2.05, 4.69) is 62.2 Å². The first-order valence-corrected chi connectivity index (χ1v) is 8.69. The summed E-state index contributed by atoms with van der Waals surface area (Å²) in [6, 6.07) is 10.1. The second-order valence-electron chi connectivity index (χ2n) is 6.64. The number of aryl methyl sites for hydroxylation is 1. The molecule has 1 aromatic carbocycles. The van der Waals surface area contributed by atoms with Crippen molar-refractivity contribution in [3.05, 3.63) is 35.4 Å². The van der Waals surface area contributed by atoms with Crippen molar-refractivity contribution in [2.45, 2.75) is 59.0 Å². The van der Waals surface area contributed by atoms with Crippen LogP contribution in [0.3, 0.4) is 0 Å². The van der Waals surface area contributed by atoms with Crippen molar-refractivity contribution in [3.8, 4) is 0 Å². The number of nitrogens with one attached hydrogen (secondary N) is 1. The van der Waals surface area contributed by atoms with Gasteiger partial charge in [0.05, 0.1) is 0 Å². The van der Waals surface area contributed by atoms with Crippen LogP contribution in [0.5, 0.6) is 0 Å². The zero-order valence-electron chi connectivity index (χ0n) is 14.2. The molecule has 1 N–H and O–H groups in total. The van der Waals surface area contributed by atoms with Crippen LogP contribution in [0, 0.1) is 12.8 Å². The van der Waals surface area contributed by atoms with Gasteiger partial charge in [0.25, 0.3) is 0 Å². The zero-order chi connectivity index (χ0) is 15.2. The minimum atomic E-state index is 0.446. The number of rotatable bonds is 7. The van der Waals surface area contributed by atoms with E-state index >= 15 is 0 Å². The van der Waals surface area contributed by atoms with E-state index in [1.807, 2.05) is 0 Å². The molecule has 0 aliphatic carbocycles. The highest BCUT2D eigenvalue weighted by atomic mass is 15.2. The van der Waals surface area contributed by atoms with Gasteiger partial charge in [0.2, 0.25) is 0 Å². The molecular weight excluding hydrogens is 256 g/mol. The van der Waals surface area contributed by atoms with Crippen LogP contribution in [-0.4, -0.2) is 30.6 Å². The lowest BCUT2D eigenvalue weighted by atomic mass is 9.98. The van der Waals surface area contributed by atoms with Crippen molar-refractivity contribution in [1.29, 1.82) is 0 Å². The molecule has 0 aromatic heterocycles. The Morgan fingerprint density at radius 2 is 1.95 bits per heavy atom. The lowest BCUT2D eigenvalue weighted by Gasteiger charge is -2.33. The first-order valence-electron chi connectivity index (χ1n) is 8.69. The molecule has 0 amide bonds. The molecule has 1 saturated heterocycles. The molecule has 1 aromatic rings. The van der Waals surface area contributed by atoms with Crippen molar-refractivity contribution in [2.24, 2.45) is 5.92 Å². The second kappa shape index (κ2) is 7.95. The fraction of sp³-hybridized carbons (Fsp3) is 0.684. The average Bonchev–Trinajstić information content (AvgIpc) is 2.98. The summed E-state index contributed by atoms with van der Waals surface area (Å²) in [4.78, 5) is 2.68. The number of hydrogen-bond acceptors (Lipinski definition) is 2. The van der Waals surface area contributed by atoms with Gasteiger partial charge in [0, 0.05) is 18.6 Å². The van der Waals surface area contributed by atoms with Gasteiger partial charge in [-0.3, -0.25) is 4.90 Å². The second-order valence-corrected chi connectivity index (χ2v) is 6.64. The predicted octanol–water partition coefficient (Wildman–Crippen LogP) is 4.16. The Balaban J connectivity index is 2.09. The third-order valence-corrected chi connectivity index (χ3v) is 5.00. The molecule has 1 fully saturated rings. The molecule has 118 valence electrons. The van der Waals surface area contributed by atoms with E-state index in [4.69, 9.17) is 0 Å². The van der Waals surface area contributed by atoms with Gasteiger partial charge in [-0.25, -0.2) is 0 Å². The molecule has 3 atom stereocenters. The highest BCUT2D eigenvalue weighted by Crippen LogP contribution is 2.27. The largest absolute Gasteiger partial charge is 0.309 e. The molecule has 2 rings (SSSR count). The molecule has 0 bridgehead atoms. The maximum atomic E-state index is 3.77. The predicted molar refractivity (Wildman–Crippen MR) is 91.6 cm³/mol. The molecule has 1 aliphatic heterocycles. The minimum absolute atomic E-state index is 0.446. The van der Waals surface area contributed by atoms with Gasteiger partial charge in [-0.1, -0.05) is 50.1 Å². The quantitative estimate of drug-likeness (QED) is 0.810. The molecule has 3 unspecified atom stereocenters. The van der Waals surface area contributed by atoms with Crippen molar-refractivity contribution in [2.75, 3.05) is 19.6 Å². The first kappa shape index (κ1) is 16.5. The van der Waals surface area contributed by atoms with Crippen LogP contribution in [0.15, 0.2) is 24.3 Å². The Morgan fingerprint density at radius 3 is 2.52 bits per heavy atom. The maximum absolute atomic E-state index is 3.77. The van der Waals surface area contributed by atoms with Crippen LogP contribution < -0.4 is 5.32 Å². The Hall–Kier alpha value is -0.860. The van der Waals surface area contributed by atoms with E-state index < -0.39 is 0 Å². The van der Waals surface area contributed by atoms with E-state index in [1.165, 1.54) is 43.5 Å². The van der Waals surface area contributed by atoms with E-state index in [0.717, 1.165) is 12.5 Å². The van der Waals surface area contributed by atoms with Gasteiger partial charge >= 0.3 is 0 Å². The van der Waals surface area contributed by atoms with Gasteiger partial charge in [-0.05, 0) is 51.3 Å². The van der Waals surface area contributed by atoms with E-state index in [1.54, 1.807) is 0 Å². The highest BCUT2D eigenvalue weighted by molar-refractivity contribution is 5.25. The van der Waals surface area contributed by atoms with Crippen molar-refractivity contribution >= 4 is 0 Å². The summed E-state index contributed by atoms with van der Waals surface area (Å²) in [5.41, 5.74) is 2.77. The van der Waals surface area contributed by atoms with Gasteiger partial charge < -0.3 is 5.32 Å². The van der Waals surface area contributed by atoms with Gasteiger partial charge in [-0.2, -0.15) is 0 Å². The smallest absolute Gasteiger partial charge is 0.0475 e. The molecule has 2 nitrogen and oxygen atoms in total. The normalized spacial score (nSPS) is 22.4. The number of nitrogens with zero attached hydrogens (tertiary/aromatic N) is 1. The molecule has 2 heteroatoms. The minimum Gasteiger partial charge on any atom is -0.309 e. The third-order valence-electron chi connectivity index (χ3n) is 5.00. The lowest BCUT2D eigenvalue weighted by molar-refractivity contribution is 0.199. The summed E-state index contributed by atoms with van der Waals surface area (Å²) < 4.78 is 0. The maximum Gasteiger partial charge on any atom is 0.0475 e. The van der Waals surface area contributed by atoms with Crippen molar-refractivity contribution in [3.63, 3.8) is 0 Å². The monoisotopic (exact) mass is 288 g/mol. The summed E-state index contributed by atoms with van der Waals surface area (Å²) in [6.07, 6.45) is 3.88. The summed E-state index contributed by atoms with van der Waals surface area (Å²) in [6.45, 7) is 12.7. The summed E-state index contributed by atoms with van der Waals surface area (Å²) in [5.74, 6) is 0.900. The average molecular weight is 288 g/mol. The van der Waals surface area contributed by atoms with E-state index in [9.17, 15) is 0 Å². The molecule has 0 spiro atoms. The number of likely N-dealkylation sites (tertiary alicyclic amines) is 1. The third kappa shape index (κ3) is 4.31. The zero-order valence-corrected chi connectivity index (χ0v) is 14.2. The summed E-state index contributed by atoms with van der Waals surface area (Å²) in [5, 5.41) is 3.77. The SMILES string of the molecule is CCCNC(c1ccc(C)cc1)C(C)N1CCC(CC)C1. The topological polar surface area (TPSA) is 15.3 Å². The molecule has 1 aliphatic rings. The van der Waals surface area contributed by atoms with Crippen LogP contribution in [0.25, 0.3) is 0 Å². The Kier molecular flexibility index (Phi) is 6.25. The van der Waals surface area contributed by atoms with Crippen molar-refractivity contribution in [1.82, 2.24) is 10.2 Å². The van der Waals surface area contributed by atoms with E-state index in [-0.39, 0.29) is 0 Å². The van der Waals surface area contributed by atoms with E-state index in [0.29, 0.717) is 12.1 Å². The van der Waals surface area contributed by atoms with Crippen LogP contribution in [0.4, 0.5) is 0 Å². The number of benzene rings is 1. The Morgan fingerprint density at radius 1 is 1.24 bits per heavy atom. The number of hydrogen-bond donors (Lipinski definition) is 1. The summed E-state index contributed by atoms with van der Waals surface area (Å²) in [7, 11) is 0. The van der Waals surface area contributed by atoms with Crippen LogP contribution in [0.1, 0.15) is 57.2 Å². The molecule has 0 saturated carbocycles. The van der Waals surface area contributed by atoms with Crippen molar-refractivity contribution < 1.29 is 0 Å². The molecule has 1 heterocycles. The fourth-order valence-corrected chi connectivity index (χ4v) is 3.42. The lowest BCUT2D eigenvalue weighted by Crippen LogP contribution is -2.42. The van der Waals surface area contributed by atoms with Crippen LogP contribution >= 0.6 is 0 Å². The first-order chi connectivity index (χ1) is 10.2. The highest BCUT2D eigenvalue weighted by Gasteiger charge is 2.30. The van der Waals surface area contributed by atoms with Crippen LogP contribution in [0.2, 0.25) is 0 Å². The molecular formula is C19H32N2. The summed E-state index contributed by atoms with van der Waals surface area (Å²) >= 11 is 0. The Bertz CT molecular complexity index is 412. The van der Waals surface area contributed by atoms with Gasteiger partial charge in [0.1, 0.15) is 0 Å². The van der Waals surface area contributed by atoms with Crippen LogP contribution in [-0.2, 0) is 0 Å². The van der Waals surface area contributed by atoms with Gasteiger partial charge in [-0.15, -0.1) is 0 Å². The molecule has 0 radical (unpaired) electrons.